The van der Waals surface area contributed by atoms with Crippen molar-refractivity contribution in [2.75, 3.05) is 13.1 Å². The van der Waals surface area contributed by atoms with Crippen molar-refractivity contribution in [3.05, 3.63) is 68.1 Å². The molecule has 8 heteroatoms. The number of hydrogen-bond donors (Lipinski definition) is 1. The van der Waals surface area contributed by atoms with Crippen LogP contribution >= 0.6 is 0 Å². The van der Waals surface area contributed by atoms with Crippen LogP contribution in [0.3, 0.4) is 0 Å². The SMILES string of the molecule is Cn1ccc(C(=O)N2CCC(c3cc(=O)n4[nH]c(C(C)(C)C)cc4n3)C2)cc1=O. The Balaban J connectivity index is 1.59. The Morgan fingerprint density at radius 3 is 2.62 bits per heavy atom. The zero-order valence-corrected chi connectivity index (χ0v) is 17.1. The van der Waals surface area contributed by atoms with Crippen LogP contribution in [0.2, 0.25) is 0 Å². The van der Waals surface area contributed by atoms with Crippen molar-refractivity contribution >= 4 is 11.6 Å². The molecular formula is C21H25N5O3. The molecule has 0 saturated carbocycles. The highest BCUT2D eigenvalue weighted by molar-refractivity contribution is 5.94. The van der Waals surface area contributed by atoms with Crippen molar-refractivity contribution in [1.29, 1.82) is 0 Å². The van der Waals surface area contributed by atoms with Crippen molar-refractivity contribution in [1.82, 2.24) is 24.1 Å². The molecule has 1 aliphatic rings. The minimum absolute atomic E-state index is 0.00354. The lowest BCUT2D eigenvalue weighted by Gasteiger charge is -2.16. The van der Waals surface area contributed by atoms with Crippen LogP contribution in [0.25, 0.3) is 5.65 Å². The number of pyridine rings is 1. The van der Waals surface area contributed by atoms with E-state index in [1.165, 1.54) is 15.1 Å². The Morgan fingerprint density at radius 2 is 1.93 bits per heavy atom. The Labute approximate surface area is 167 Å². The van der Waals surface area contributed by atoms with E-state index in [-0.39, 0.29) is 28.4 Å². The molecule has 0 aromatic carbocycles. The Hall–Kier alpha value is -3.16. The predicted molar refractivity (Wildman–Crippen MR) is 109 cm³/mol. The standard InChI is InChI=1S/C21H25N5O3/c1-21(2,3)16-11-17-22-15(10-19(28)26(17)23-16)14-6-8-25(12-14)20(29)13-5-7-24(4)18(27)9-13/h5,7,9-11,14,23H,6,8,12H2,1-4H3. The molecule has 3 aromatic heterocycles. The summed E-state index contributed by atoms with van der Waals surface area (Å²) in [6.07, 6.45) is 2.33. The van der Waals surface area contributed by atoms with Crippen LogP contribution in [0.4, 0.5) is 0 Å². The molecule has 152 valence electrons. The molecule has 8 nitrogen and oxygen atoms in total. The van der Waals surface area contributed by atoms with Crippen LogP contribution in [-0.2, 0) is 12.5 Å². The predicted octanol–water partition coefficient (Wildman–Crippen LogP) is 1.65. The van der Waals surface area contributed by atoms with Crippen molar-refractivity contribution in [3.63, 3.8) is 0 Å². The van der Waals surface area contributed by atoms with Crippen LogP contribution in [-0.4, -0.2) is 43.1 Å². The Bertz CT molecular complexity index is 1210. The summed E-state index contributed by atoms with van der Waals surface area (Å²) in [6.45, 7) is 7.26. The van der Waals surface area contributed by atoms with E-state index in [2.05, 4.69) is 30.9 Å². The van der Waals surface area contributed by atoms with Crippen molar-refractivity contribution in [2.45, 2.75) is 38.5 Å². The average Bonchev–Trinajstić information content (AvgIpc) is 3.30. The number of likely N-dealkylation sites (tertiary alicyclic amines) is 1. The summed E-state index contributed by atoms with van der Waals surface area (Å²) in [5.41, 5.74) is 2.13. The first-order valence-electron chi connectivity index (χ1n) is 9.72. The third-order valence-electron chi connectivity index (χ3n) is 5.52. The largest absolute Gasteiger partial charge is 0.338 e. The van der Waals surface area contributed by atoms with Gasteiger partial charge in [-0.25, -0.2) is 9.50 Å². The highest BCUT2D eigenvalue weighted by atomic mass is 16.2. The monoisotopic (exact) mass is 395 g/mol. The summed E-state index contributed by atoms with van der Waals surface area (Å²) < 4.78 is 2.89. The van der Waals surface area contributed by atoms with Crippen LogP contribution in [0, 0.1) is 0 Å². The number of fused-ring (bicyclic) bond motifs is 1. The Kier molecular flexibility index (Phi) is 4.44. The highest BCUT2D eigenvalue weighted by Crippen LogP contribution is 2.27. The molecule has 29 heavy (non-hydrogen) atoms. The van der Waals surface area contributed by atoms with E-state index < -0.39 is 0 Å². The van der Waals surface area contributed by atoms with Crippen molar-refractivity contribution in [3.8, 4) is 0 Å². The zero-order valence-electron chi connectivity index (χ0n) is 17.1. The van der Waals surface area contributed by atoms with E-state index in [0.717, 1.165) is 12.1 Å². The van der Waals surface area contributed by atoms with Gasteiger partial charge in [-0.2, -0.15) is 0 Å². The topological polar surface area (TPSA) is 92.5 Å². The van der Waals surface area contributed by atoms with Crippen molar-refractivity contribution < 1.29 is 4.79 Å². The molecule has 4 rings (SSSR count). The number of aryl methyl sites for hydroxylation is 1. The quantitative estimate of drug-likeness (QED) is 0.714. The second-order valence-electron chi connectivity index (χ2n) is 8.73. The number of rotatable bonds is 2. The van der Waals surface area contributed by atoms with Gasteiger partial charge in [-0.3, -0.25) is 19.5 Å². The lowest BCUT2D eigenvalue weighted by molar-refractivity contribution is 0.0790. The maximum atomic E-state index is 12.8. The molecular weight excluding hydrogens is 370 g/mol. The minimum atomic E-state index is -0.214. The molecule has 0 aliphatic carbocycles. The number of nitrogens with zero attached hydrogens (tertiary/aromatic N) is 4. The van der Waals surface area contributed by atoms with E-state index in [9.17, 15) is 14.4 Å². The lowest BCUT2D eigenvalue weighted by Crippen LogP contribution is -2.30. The second kappa shape index (κ2) is 6.72. The van der Waals surface area contributed by atoms with Gasteiger partial charge in [0, 0.05) is 67.1 Å². The number of aromatic amines is 1. The van der Waals surface area contributed by atoms with E-state index in [0.29, 0.717) is 30.0 Å². The number of H-pyrrole nitrogens is 1. The number of aromatic nitrogens is 4. The summed E-state index contributed by atoms with van der Waals surface area (Å²) in [4.78, 5) is 43.6. The summed E-state index contributed by atoms with van der Waals surface area (Å²) in [6, 6.07) is 6.47. The van der Waals surface area contributed by atoms with E-state index in [1.54, 1.807) is 30.3 Å². The fraction of sp³-hybridized carbons (Fsp3) is 0.429. The fourth-order valence-corrected chi connectivity index (χ4v) is 3.65. The van der Waals surface area contributed by atoms with Gasteiger partial charge < -0.3 is 9.47 Å². The molecule has 0 radical (unpaired) electrons. The normalized spacial score (nSPS) is 17.2. The lowest BCUT2D eigenvalue weighted by atomic mass is 9.93. The smallest absolute Gasteiger partial charge is 0.272 e. The van der Waals surface area contributed by atoms with E-state index >= 15 is 0 Å². The van der Waals surface area contributed by atoms with E-state index in [4.69, 9.17) is 0 Å². The third-order valence-corrected chi connectivity index (χ3v) is 5.52. The first-order valence-corrected chi connectivity index (χ1v) is 9.72. The number of hydrogen-bond acceptors (Lipinski definition) is 4. The van der Waals surface area contributed by atoms with Gasteiger partial charge >= 0.3 is 0 Å². The number of carbonyl (C=O) groups excluding carboxylic acids is 1. The molecule has 1 fully saturated rings. The highest BCUT2D eigenvalue weighted by Gasteiger charge is 2.30. The fourth-order valence-electron chi connectivity index (χ4n) is 3.65. The maximum absolute atomic E-state index is 12.8. The molecule has 0 bridgehead atoms. The van der Waals surface area contributed by atoms with Gasteiger partial charge in [0.15, 0.2) is 5.65 Å². The van der Waals surface area contributed by atoms with Crippen LogP contribution in [0.15, 0.2) is 40.1 Å². The summed E-state index contributed by atoms with van der Waals surface area (Å²) >= 11 is 0. The van der Waals surface area contributed by atoms with Gasteiger partial charge in [0.2, 0.25) is 0 Å². The van der Waals surface area contributed by atoms with Crippen LogP contribution < -0.4 is 11.1 Å². The first kappa shape index (κ1) is 19.2. The molecule has 4 heterocycles. The molecule has 1 saturated heterocycles. The van der Waals surface area contributed by atoms with Gasteiger partial charge in [0.05, 0.1) is 5.69 Å². The molecule has 1 amide bonds. The van der Waals surface area contributed by atoms with Crippen LogP contribution in [0.5, 0.6) is 0 Å². The minimum Gasteiger partial charge on any atom is -0.338 e. The summed E-state index contributed by atoms with van der Waals surface area (Å²) in [5.74, 6) is -0.171. The molecule has 1 N–H and O–H groups in total. The maximum Gasteiger partial charge on any atom is 0.272 e. The van der Waals surface area contributed by atoms with Gasteiger partial charge in [-0.1, -0.05) is 20.8 Å². The average molecular weight is 395 g/mol. The van der Waals surface area contributed by atoms with Crippen molar-refractivity contribution in [2.24, 2.45) is 7.05 Å². The third kappa shape index (κ3) is 3.50. The van der Waals surface area contributed by atoms with Gasteiger partial charge in [-0.15, -0.1) is 0 Å². The molecule has 1 aliphatic heterocycles. The van der Waals surface area contributed by atoms with Gasteiger partial charge in [0.25, 0.3) is 17.0 Å². The van der Waals surface area contributed by atoms with Gasteiger partial charge in [0.1, 0.15) is 0 Å². The van der Waals surface area contributed by atoms with Gasteiger partial charge in [-0.05, 0) is 12.5 Å². The zero-order chi connectivity index (χ0) is 20.9. The molecule has 1 unspecified atom stereocenters. The summed E-state index contributed by atoms with van der Waals surface area (Å²) in [5, 5.41) is 3.13. The number of nitrogens with one attached hydrogen (secondary N) is 1. The second-order valence-corrected chi connectivity index (χ2v) is 8.73. The summed E-state index contributed by atoms with van der Waals surface area (Å²) in [7, 11) is 1.65. The number of amides is 1. The molecule has 1 atom stereocenters. The van der Waals surface area contributed by atoms with Crippen LogP contribution in [0.1, 0.15) is 54.9 Å². The molecule has 3 aromatic rings. The molecule has 0 spiro atoms. The van der Waals surface area contributed by atoms with E-state index in [1.807, 2.05) is 6.07 Å². The Morgan fingerprint density at radius 1 is 1.17 bits per heavy atom. The number of carbonyl (C=O) groups is 1. The first-order chi connectivity index (χ1) is 13.6.